The molecule has 5 rings (SSSR count). The van der Waals surface area contributed by atoms with E-state index < -0.39 is 0 Å². The van der Waals surface area contributed by atoms with Crippen LogP contribution in [0.1, 0.15) is 29.9 Å². The normalized spacial score (nSPS) is 21.6. The van der Waals surface area contributed by atoms with E-state index in [4.69, 9.17) is 17.0 Å². The number of benzene rings is 1. The number of nitrogens with one attached hydrogen (secondary N) is 1. The maximum atomic E-state index is 5.84. The summed E-state index contributed by atoms with van der Waals surface area (Å²) in [5, 5.41) is 4.37. The second-order valence-corrected chi connectivity index (χ2v) is 8.65. The van der Waals surface area contributed by atoms with Gasteiger partial charge in [0.05, 0.1) is 31.0 Å². The van der Waals surface area contributed by atoms with Crippen molar-refractivity contribution in [2.75, 3.05) is 39.4 Å². The molecule has 0 saturated carbocycles. The first-order chi connectivity index (χ1) is 15.8. The van der Waals surface area contributed by atoms with Crippen LogP contribution in [0.15, 0.2) is 73.1 Å². The third kappa shape index (κ3) is 4.41. The highest BCUT2D eigenvalue weighted by molar-refractivity contribution is 7.80. The zero-order valence-electron chi connectivity index (χ0n) is 18.1. The highest BCUT2D eigenvalue weighted by Gasteiger charge is 2.41. The Kier molecular flexibility index (Phi) is 6.48. The molecule has 0 radical (unpaired) electrons. The largest absolute Gasteiger partial charge is 0.379 e. The van der Waals surface area contributed by atoms with Crippen LogP contribution in [0.25, 0.3) is 5.69 Å². The van der Waals surface area contributed by atoms with Gasteiger partial charge in [0, 0.05) is 50.0 Å². The average Bonchev–Trinajstić information content (AvgIpc) is 3.45. The van der Waals surface area contributed by atoms with Gasteiger partial charge in [0.15, 0.2) is 5.11 Å². The molecule has 2 aliphatic rings. The minimum Gasteiger partial charge on any atom is -0.379 e. The second kappa shape index (κ2) is 9.81. The van der Waals surface area contributed by atoms with Gasteiger partial charge in [-0.3, -0.25) is 9.88 Å². The Morgan fingerprint density at radius 2 is 1.78 bits per heavy atom. The molecule has 2 aliphatic heterocycles. The Bertz CT molecular complexity index is 1020. The molecule has 32 heavy (non-hydrogen) atoms. The molecule has 3 aromatic rings. The summed E-state index contributed by atoms with van der Waals surface area (Å²) in [5.41, 5.74) is 3.38. The molecule has 0 bridgehead atoms. The number of aromatic nitrogens is 2. The molecular formula is C25H29N5OS. The second-order valence-electron chi connectivity index (χ2n) is 8.27. The molecule has 2 atom stereocenters. The van der Waals surface area contributed by atoms with Crippen molar-refractivity contribution in [3.63, 3.8) is 0 Å². The molecule has 166 valence electrons. The van der Waals surface area contributed by atoms with E-state index in [1.807, 2.05) is 24.4 Å². The minimum atomic E-state index is 0.00412. The molecule has 1 aromatic carbocycles. The molecule has 6 nitrogen and oxygen atoms in total. The Labute approximate surface area is 194 Å². The number of nitrogens with zero attached hydrogens (tertiary/aromatic N) is 4. The topological polar surface area (TPSA) is 45.6 Å². The van der Waals surface area contributed by atoms with Crippen LogP contribution >= 0.6 is 12.2 Å². The quantitative estimate of drug-likeness (QED) is 0.559. The van der Waals surface area contributed by atoms with Crippen molar-refractivity contribution in [1.29, 1.82) is 0 Å². The summed E-state index contributed by atoms with van der Waals surface area (Å²) in [6.45, 7) is 5.65. The lowest BCUT2D eigenvalue weighted by Gasteiger charge is -2.31. The van der Waals surface area contributed by atoms with Gasteiger partial charge in [0.25, 0.3) is 0 Å². The smallest absolute Gasteiger partial charge is 0.170 e. The van der Waals surface area contributed by atoms with Crippen LogP contribution in [0, 0.1) is 0 Å². The SMILES string of the molecule is S=C1N[C@H](c2ccccn2)[C@H](c2cccn2-c2ccccc2)N1CCCN1CCOCC1. The van der Waals surface area contributed by atoms with Gasteiger partial charge in [-0.05, 0) is 55.0 Å². The number of thiocarbonyl (C=S) groups is 1. The van der Waals surface area contributed by atoms with Crippen molar-refractivity contribution < 1.29 is 4.74 Å². The minimum absolute atomic E-state index is 0.00412. The first-order valence-electron chi connectivity index (χ1n) is 11.3. The van der Waals surface area contributed by atoms with Gasteiger partial charge in [-0.2, -0.15) is 0 Å². The predicted molar refractivity (Wildman–Crippen MR) is 130 cm³/mol. The number of hydrogen-bond donors (Lipinski definition) is 1. The lowest BCUT2D eigenvalue weighted by atomic mass is 10.0. The Morgan fingerprint density at radius 3 is 2.56 bits per heavy atom. The third-order valence-corrected chi connectivity index (χ3v) is 6.64. The highest BCUT2D eigenvalue weighted by atomic mass is 32.1. The van der Waals surface area contributed by atoms with Crippen molar-refractivity contribution in [3.8, 4) is 5.69 Å². The maximum Gasteiger partial charge on any atom is 0.170 e. The Morgan fingerprint density at radius 1 is 0.969 bits per heavy atom. The van der Waals surface area contributed by atoms with E-state index in [9.17, 15) is 0 Å². The van der Waals surface area contributed by atoms with Crippen molar-refractivity contribution in [3.05, 3.63) is 84.4 Å². The van der Waals surface area contributed by atoms with Crippen LogP contribution in [0.4, 0.5) is 0 Å². The van der Waals surface area contributed by atoms with E-state index in [0.717, 1.165) is 62.3 Å². The number of para-hydroxylation sites is 1. The van der Waals surface area contributed by atoms with Crippen molar-refractivity contribution >= 4 is 17.3 Å². The van der Waals surface area contributed by atoms with Crippen LogP contribution in [-0.2, 0) is 4.74 Å². The van der Waals surface area contributed by atoms with E-state index in [1.54, 1.807) is 0 Å². The van der Waals surface area contributed by atoms with Gasteiger partial charge < -0.3 is 19.5 Å². The van der Waals surface area contributed by atoms with Crippen LogP contribution in [0.3, 0.4) is 0 Å². The summed E-state index contributed by atoms with van der Waals surface area (Å²) in [4.78, 5) is 9.50. The van der Waals surface area contributed by atoms with Gasteiger partial charge in [0.1, 0.15) is 0 Å². The Balaban J connectivity index is 1.43. The van der Waals surface area contributed by atoms with Crippen molar-refractivity contribution in [2.24, 2.45) is 0 Å². The first-order valence-corrected chi connectivity index (χ1v) is 11.7. The number of morpholine rings is 1. The fourth-order valence-electron chi connectivity index (χ4n) is 4.72. The molecule has 0 spiro atoms. The van der Waals surface area contributed by atoms with Gasteiger partial charge in [0.2, 0.25) is 0 Å². The predicted octanol–water partition coefficient (Wildman–Crippen LogP) is 3.57. The van der Waals surface area contributed by atoms with Crippen molar-refractivity contribution in [1.82, 2.24) is 24.7 Å². The van der Waals surface area contributed by atoms with E-state index in [-0.39, 0.29) is 12.1 Å². The van der Waals surface area contributed by atoms with Gasteiger partial charge >= 0.3 is 0 Å². The molecule has 7 heteroatoms. The third-order valence-electron chi connectivity index (χ3n) is 6.29. The van der Waals surface area contributed by atoms with E-state index >= 15 is 0 Å². The summed E-state index contributed by atoms with van der Waals surface area (Å²) in [5.74, 6) is 0. The molecular weight excluding hydrogens is 418 g/mol. The fraction of sp³-hybridized carbons (Fsp3) is 0.360. The van der Waals surface area contributed by atoms with Crippen LogP contribution < -0.4 is 5.32 Å². The van der Waals surface area contributed by atoms with Gasteiger partial charge in [-0.15, -0.1) is 0 Å². The number of rotatable bonds is 7. The summed E-state index contributed by atoms with van der Waals surface area (Å²) >= 11 is 5.84. The average molecular weight is 448 g/mol. The van der Waals surface area contributed by atoms with Gasteiger partial charge in [-0.1, -0.05) is 24.3 Å². The lowest BCUT2D eigenvalue weighted by Crippen LogP contribution is -2.39. The maximum absolute atomic E-state index is 5.84. The standard InChI is InChI=1S/C25H29N5OS/c32-25-27-23(21-10-4-5-12-26-21)24(30(25)15-7-13-28-16-18-31-19-17-28)22-11-6-14-29(22)20-8-2-1-3-9-20/h1-6,8-12,14,23-24H,7,13,15-19H2,(H,27,32)/t23-,24+/m1/s1. The number of pyridine rings is 1. The van der Waals surface area contributed by atoms with Crippen molar-refractivity contribution in [2.45, 2.75) is 18.5 Å². The zero-order chi connectivity index (χ0) is 21.8. The molecule has 2 aromatic heterocycles. The number of hydrogen-bond acceptors (Lipinski definition) is 4. The van der Waals surface area contributed by atoms with Crippen LogP contribution in [0.2, 0.25) is 0 Å². The fourth-order valence-corrected chi connectivity index (χ4v) is 5.05. The van der Waals surface area contributed by atoms with Crippen LogP contribution in [0.5, 0.6) is 0 Å². The first kappa shape index (κ1) is 21.1. The monoisotopic (exact) mass is 447 g/mol. The number of ether oxygens (including phenoxy) is 1. The molecule has 2 fully saturated rings. The summed E-state index contributed by atoms with van der Waals surface area (Å²) in [7, 11) is 0. The van der Waals surface area contributed by atoms with E-state index in [0.29, 0.717) is 0 Å². The Hall–Kier alpha value is -2.74. The molecule has 0 aliphatic carbocycles. The van der Waals surface area contributed by atoms with Gasteiger partial charge in [-0.25, -0.2) is 0 Å². The molecule has 4 heterocycles. The molecule has 0 amide bonds. The lowest BCUT2D eigenvalue weighted by molar-refractivity contribution is 0.0365. The molecule has 2 saturated heterocycles. The summed E-state index contributed by atoms with van der Waals surface area (Å²) in [6.07, 6.45) is 5.04. The summed E-state index contributed by atoms with van der Waals surface area (Å²) < 4.78 is 7.76. The zero-order valence-corrected chi connectivity index (χ0v) is 19.0. The molecule has 1 N–H and O–H groups in total. The molecule has 0 unspecified atom stereocenters. The van der Waals surface area contributed by atoms with Crippen LogP contribution in [-0.4, -0.2) is 63.9 Å². The summed E-state index contributed by atoms with van der Waals surface area (Å²) in [6, 6.07) is 21.0. The van der Waals surface area contributed by atoms with E-state index in [2.05, 4.69) is 73.3 Å². The van der Waals surface area contributed by atoms with E-state index in [1.165, 1.54) is 5.69 Å². The highest BCUT2D eigenvalue weighted by Crippen LogP contribution is 2.39.